The Morgan fingerprint density at radius 1 is 1.63 bits per heavy atom. The summed E-state index contributed by atoms with van der Waals surface area (Å²) in [5.41, 5.74) is 1.43. The summed E-state index contributed by atoms with van der Waals surface area (Å²) in [4.78, 5) is 13.7. The minimum absolute atomic E-state index is 0.305. The van der Waals surface area contributed by atoms with Crippen molar-refractivity contribution in [3.05, 3.63) is 28.2 Å². The number of nitriles is 1. The first-order valence-electron chi connectivity index (χ1n) is 5.79. The minimum Gasteiger partial charge on any atom is -0.467 e. The number of ether oxygens (including phenoxy) is 2. The van der Waals surface area contributed by atoms with Gasteiger partial charge in [0.1, 0.15) is 0 Å². The minimum atomic E-state index is -0.456. The molecule has 1 unspecified atom stereocenters. The topological polar surface area (TPSA) is 62.6 Å². The van der Waals surface area contributed by atoms with Crippen LogP contribution in [0.4, 0.5) is 5.69 Å². The molecule has 1 aliphatic heterocycles. The van der Waals surface area contributed by atoms with Gasteiger partial charge in [-0.05, 0) is 34.1 Å². The molecule has 1 saturated heterocycles. The third-order valence-electron chi connectivity index (χ3n) is 2.99. The summed E-state index contributed by atoms with van der Waals surface area (Å²) in [7, 11) is 1.36. The molecule has 1 heterocycles. The zero-order valence-corrected chi connectivity index (χ0v) is 12.0. The van der Waals surface area contributed by atoms with E-state index < -0.39 is 6.04 Å². The normalized spacial score (nSPS) is 18.8. The molecule has 1 aliphatic rings. The maximum Gasteiger partial charge on any atom is 0.330 e. The van der Waals surface area contributed by atoms with E-state index in [2.05, 4.69) is 22.0 Å². The summed E-state index contributed by atoms with van der Waals surface area (Å²) in [6, 6.07) is 6.91. The SMILES string of the molecule is COC(=O)C1COCCN1c1ccc(C#N)cc1Br. The number of halogens is 1. The van der Waals surface area contributed by atoms with Gasteiger partial charge in [-0.3, -0.25) is 0 Å². The largest absolute Gasteiger partial charge is 0.467 e. The number of hydrogen-bond acceptors (Lipinski definition) is 5. The average Bonchev–Trinajstić information content (AvgIpc) is 2.46. The van der Waals surface area contributed by atoms with E-state index in [4.69, 9.17) is 14.7 Å². The van der Waals surface area contributed by atoms with Crippen molar-refractivity contribution in [2.24, 2.45) is 0 Å². The van der Waals surface area contributed by atoms with Crippen LogP contribution in [0.15, 0.2) is 22.7 Å². The van der Waals surface area contributed by atoms with Crippen LogP contribution in [0.25, 0.3) is 0 Å². The lowest BCUT2D eigenvalue weighted by atomic mass is 10.1. The standard InChI is InChI=1S/C13H13BrN2O3/c1-18-13(17)12-8-19-5-4-16(12)11-3-2-9(7-15)6-10(11)14/h2-3,6,12H,4-5,8H2,1H3. The molecule has 100 valence electrons. The van der Waals surface area contributed by atoms with Crippen LogP contribution in [-0.2, 0) is 14.3 Å². The van der Waals surface area contributed by atoms with Crippen molar-refractivity contribution in [2.45, 2.75) is 6.04 Å². The van der Waals surface area contributed by atoms with E-state index in [0.717, 1.165) is 10.2 Å². The molecular formula is C13H13BrN2O3. The summed E-state index contributed by atoms with van der Waals surface area (Å²) < 4.78 is 10.9. The number of benzene rings is 1. The Kier molecular flexibility index (Phi) is 4.40. The van der Waals surface area contributed by atoms with E-state index in [1.54, 1.807) is 12.1 Å². The van der Waals surface area contributed by atoms with Crippen molar-refractivity contribution < 1.29 is 14.3 Å². The predicted octanol–water partition coefficient (Wildman–Crippen LogP) is 1.70. The number of anilines is 1. The zero-order chi connectivity index (χ0) is 13.8. The molecule has 1 aromatic carbocycles. The van der Waals surface area contributed by atoms with Gasteiger partial charge in [0.25, 0.3) is 0 Å². The maximum absolute atomic E-state index is 11.8. The van der Waals surface area contributed by atoms with Crippen molar-refractivity contribution in [2.75, 3.05) is 31.8 Å². The van der Waals surface area contributed by atoms with E-state index in [-0.39, 0.29) is 5.97 Å². The number of hydrogen-bond donors (Lipinski definition) is 0. The third kappa shape index (κ3) is 2.88. The molecule has 19 heavy (non-hydrogen) atoms. The van der Waals surface area contributed by atoms with Crippen LogP contribution < -0.4 is 4.90 Å². The fraction of sp³-hybridized carbons (Fsp3) is 0.385. The van der Waals surface area contributed by atoms with Gasteiger partial charge in [0.2, 0.25) is 0 Å². The summed E-state index contributed by atoms with van der Waals surface area (Å²) >= 11 is 3.44. The van der Waals surface area contributed by atoms with Gasteiger partial charge in [0.15, 0.2) is 6.04 Å². The van der Waals surface area contributed by atoms with Crippen LogP contribution in [-0.4, -0.2) is 38.9 Å². The molecule has 0 radical (unpaired) electrons. The van der Waals surface area contributed by atoms with Crippen LogP contribution in [0.5, 0.6) is 0 Å². The highest BCUT2D eigenvalue weighted by molar-refractivity contribution is 9.10. The summed E-state index contributed by atoms with van der Waals surface area (Å²) in [6.45, 7) is 1.46. The van der Waals surface area contributed by atoms with Gasteiger partial charge in [-0.1, -0.05) is 0 Å². The van der Waals surface area contributed by atoms with Crippen LogP contribution >= 0.6 is 15.9 Å². The summed E-state index contributed by atoms with van der Waals surface area (Å²) in [5, 5.41) is 8.86. The Bertz CT molecular complexity index is 527. The fourth-order valence-electron chi connectivity index (χ4n) is 2.03. The van der Waals surface area contributed by atoms with E-state index in [1.165, 1.54) is 7.11 Å². The predicted molar refractivity (Wildman–Crippen MR) is 72.8 cm³/mol. The Morgan fingerprint density at radius 2 is 2.42 bits per heavy atom. The summed E-state index contributed by atoms with van der Waals surface area (Å²) in [5.74, 6) is -0.323. The smallest absolute Gasteiger partial charge is 0.330 e. The quantitative estimate of drug-likeness (QED) is 0.775. The van der Waals surface area contributed by atoms with Gasteiger partial charge in [-0.25, -0.2) is 4.79 Å². The first-order chi connectivity index (χ1) is 9.17. The van der Waals surface area contributed by atoms with Crippen LogP contribution in [0.1, 0.15) is 5.56 Å². The van der Waals surface area contributed by atoms with Crippen molar-refractivity contribution in [3.8, 4) is 6.07 Å². The average molecular weight is 325 g/mol. The molecule has 1 atom stereocenters. The molecule has 0 spiro atoms. The number of rotatable bonds is 2. The fourth-order valence-corrected chi connectivity index (χ4v) is 2.64. The lowest BCUT2D eigenvalue weighted by Crippen LogP contribution is -2.50. The molecule has 0 saturated carbocycles. The van der Waals surface area contributed by atoms with Crippen LogP contribution in [0.3, 0.4) is 0 Å². The van der Waals surface area contributed by atoms with Gasteiger partial charge in [-0.2, -0.15) is 5.26 Å². The van der Waals surface area contributed by atoms with E-state index >= 15 is 0 Å². The highest BCUT2D eigenvalue weighted by Crippen LogP contribution is 2.30. The lowest BCUT2D eigenvalue weighted by Gasteiger charge is -2.36. The molecule has 1 aromatic rings. The Morgan fingerprint density at radius 3 is 3.05 bits per heavy atom. The molecule has 0 N–H and O–H groups in total. The zero-order valence-electron chi connectivity index (χ0n) is 10.4. The van der Waals surface area contributed by atoms with Crippen LogP contribution in [0, 0.1) is 11.3 Å². The molecule has 0 amide bonds. The van der Waals surface area contributed by atoms with Crippen molar-refractivity contribution in [1.82, 2.24) is 0 Å². The van der Waals surface area contributed by atoms with Gasteiger partial charge < -0.3 is 14.4 Å². The second-order valence-corrected chi connectivity index (χ2v) is 4.94. The Labute approximate surface area is 119 Å². The monoisotopic (exact) mass is 324 g/mol. The van der Waals surface area contributed by atoms with Crippen LogP contribution in [0.2, 0.25) is 0 Å². The maximum atomic E-state index is 11.8. The van der Waals surface area contributed by atoms with E-state index in [0.29, 0.717) is 25.3 Å². The van der Waals surface area contributed by atoms with E-state index in [1.807, 2.05) is 11.0 Å². The second-order valence-electron chi connectivity index (χ2n) is 4.09. The molecular weight excluding hydrogens is 312 g/mol. The molecule has 5 nitrogen and oxygen atoms in total. The molecule has 0 aliphatic carbocycles. The lowest BCUT2D eigenvalue weighted by molar-refractivity contribution is -0.144. The second kappa shape index (κ2) is 6.04. The summed E-state index contributed by atoms with van der Waals surface area (Å²) in [6.07, 6.45) is 0. The molecule has 0 bridgehead atoms. The van der Waals surface area contributed by atoms with Crippen molar-refractivity contribution >= 4 is 27.6 Å². The number of esters is 1. The molecule has 0 aromatic heterocycles. The number of methoxy groups -OCH3 is 1. The van der Waals surface area contributed by atoms with Gasteiger partial charge in [-0.15, -0.1) is 0 Å². The number of nitrogens with zero attached hydrogens (tertiary/aromatic N) is 2. The van der Waals surface area contributed by atoms with Crippen molar-refractivity contribution in [3.63, 3.8) is 0 Å². The van der Waals surface area contributed by atoms with Gasteiger partial charge in [0, 0.05) is 11.0 Å². The molecule has 1 fully saturated rings. The number of carbonyl (C=O) groups excluding carboxylic acids is 1. The number of morpholine rings is 1. The highest BCUT2D eigenvalue weighted by Gasteiger charge is 2.31. The first kappa shape index (κ1) is 13.8. The Hall–Kier alpha value is -1.58. The van der Waals surface area contributed by atoms with E-state index in [9.17, 15) is 4.79 Å². The van der Waals surface area contributed by atoms with Gasteiger partial charge in [0.05, 0.1) is 37.6 Å². The molecule has 6 heteroatoms. The highest BCUT2D eigenvalue weighted by atomic mass is 79.9. The molecule has 2 rings (SSSR count). The first-order valence-corrected chi connectivity index (χ1v) is 6.58. The third-order valence-corrected chi connectivity index (χ3v) is 3.62. The number of carbonyl (C=O) groups is 1. The van der Waals surface area contributed by atoms with Crippen molar-refractivity contribution in [1.29, 1.82) is 5.26 Å². The van der Waals surface area contributed by atoms with Gasteiger partial charge >= 0.3 is 5.97 Å². The Balaban J connectivity index is 2.32.